The summed E-state index contributed by atoms with van der Waals surface area (Å²) in [5, 5.41) is 0.00419. The summed E-state index contributed by atoms with van der Waals surface area (Å²) in [6.45, 7) is 0. The first kappa shape index (κ1) is 19.6. The lowest BCUT2D eigenvalue weighted by atomic mass is 10.0. The molecule has 0 fully saturated rings. The zero-order chi connectivity index (χ0) is 42.1. The van der Waals surface area contributed by atoms with Gasteiger partial charge in [0.2, 0.25) is 0 Å². The first-order valence-electron chi connectivity index (χ1n) is 21.0. The van der Waals surface area contributed by atoms with Gasteiger partial charge in [-0.3, -0.25) is 0 Å². The van der Waals surface area contributed by atoms with E-state index in [-0.39, 0.29) is 66.4 Å². The number of hydrogen-bond donors (Lipinski definition) is 0. The summed E-state index contributed by atoms with van der Waals surface area (Å²) >= 11 is 0.860. The first-order chi connectivity index (χ1) is 28.8. The fraction of sp³-hybridized carbons (Fsp3) is 0. The van der Waals surface area contributed by atoms with Crippen molar-refractivity contribution in [1.29, 1.82) is 0 Å². The molecule has 0 radical (unpaired) electrons. The number of rotatable bonds is 6. The van der Waals surface area contributed by atoms with Gasteiger partial charge >= 0.3 is 0 Å². The van der Waals surface area contributed by atoms with Crippen LogP contribution in [0.1, 0.15) is 15.1 Å². The van der Waals surface area contributed by atoms with Gasteiger partial charge in [0.15, 0.2) is 17.5 Å². The van der Waals surface area contributed by atoms with Crippen molar-refractivity contribution in [3.8, 4) is 67.5 Å². The Balaban J connectivity index is 1.27. The molecule has 0 N–H and O–H groups in total. The van der Waals surface area contributed by atoms with Gasteiger partial charge in [-0.05, 0) is 51.5 Å². The molecule has 2 aromatic heterocycles. The molecule has 0 amide bonds. The minimum atomic E-state index is -0.611. The number of aromatic nitrogens is 3. The van der Waals surface area contributed by atoms with E-state index in [0.29, 0.717) is 11.1 Å². The van der Waals surface area contributed by atoms with Crippen LogP contribution in [0.5, 0.6) is 0 Å². The Morgan fingerprint density at radius 3 is 1.43 bits per heavy atom. The van der Waals surface area contributed by atoms with Gasteiger partial charge in [-0.25, -0.2) is 15.0 Å². The number of hydrogen-bond acceptors (Lipinski definition) is 4. The quantitative estimate of drug-likeness (QED) is 0.179. The lowest BCUT2D eigenvalue weighted by molar-refractivity contribution is 1.07. The average molecular weight is 655 g/mol. The van der Waals surface area contributed by atoms with Gasteiger partial charge in [0, 0.05) is 36.9 Å². The fourth-order valence-corrected chi connectivity index (χ4v) is 6.60. The van der Waals surface area contributed by atoms with Crippen molar-refractivity contribution in [3.63, 3.8) is 0 Å². The zero-order valence-electron chi connectivity index (χ0n) is 36.6. The van der Waals surface area contributed by atoms with Crippen LogP contribution in [0.2, 0.25) is 0 Å². The Kier molecular flexibility index (Phi) is 4.96. The highest BCUT2D eigenvalue weighted by molar-refractivity contribution is 7.25. The molecule has 4 heteroatoms. The van der Waals surface area contributed by atoms with Gasteiger partial charge in [0.25, 0.3) is 0 Å². The van der Waals surface area contributed by atoms with Crippen molar-refractivity contribution in [2.75, 3.05) is 0 Å². The lowest BCUT2D eigenvalue weighted by Crippen LogP contribution is -2.00. The van der Waals surface area contributed by atoms with Crippen LogP contribution >= 0.6 is 11.3 Å². The highest BCUT2D eigenvalue weighted by Crippen LogP contribution is 2.37. The SMILES string of the molecule is [2H]c1c([2H])c(-c2nc(-c3ccc(-c4ccccc4)cc3)nc(-c3ccc(-c4ccccc4)cc3)n2)c([2H])c(-c2c([2H])c([2H])c3c(sc4c([2H])c([2H])c([2H])c([2H])c43)c2[2H])c1[2H]. The average Bonchev–Trinajstić information content (AvgIpc) is 3.69. The molecular formula is C45H29N3S. The second-order valence-electron chi connectivity index (χ2n) is 11.2. The van der Waals surface area contributed by atoms with Gasteiger partial charge in [-0.15, -0.1) is 11.3 Å². The maximum Gasteiger partial charge on any atom is 0.164 e. The summed E-state index contributed by atoms with van der Waals surface area (Å²) < 4.78 is 97.7. The van der Waals surface area contributed by atoms with E-state index >= 15 is 0 Å². The third kappa shape index (κ3) is 5.69. The minimum absolute atomic E-state index is 0.00874. The summed E-state index contributed by atoms with van der Waals surface area (Å²) in [7, 11) is 0. The molecule has 9 aromatic rings. The monoisotopic (exact) mass is 654 g/mol. The van der Waals surface area contributed by atoms with Gasteiger partial charge < -0.3 is 0 Å². The van der Waals surface area contributed by atoms with Crippen LogP contribution < -0.4 is 0 Å². The molecule has 0 aliphatic heterocycles. The van der Waals surface area contributed by atoms with Crippen LogP contribution in [0.3, 0.4) is 0 Å². The second kappa shape index (κ2) is 12.4. The molecule has 9 rings (SSSR count). The minimum Gasteiger partial charge on any atom is -0.208 e. The molecule has 7 aromatic carbocycles. The van der Waals surface area contributed by atoms with Gasteiger partial charge in [-0.2, -0.15) is 0 Å². The van der Waals surface area contributed by atoms with E-state index in [9.17, 15) is 2.74 Å². The third-order valence-corrected chi connectivity index (χ3v) is 9.14. The molecule has 0 aliphatic rings. The molecule has 0 aliphatic carbocycles. The molecule has 0 bridgehead atoms. The van der Waals surface area contributed by atoms with E-state index < -0.39 is 54.4 Å². The predicted molar refractivity (Wildman–Crippen MR) is 205 cm³/mol. The van der Waals surface area contributed by atoms with Crippen molar-refractivity contribution >= 4 is 31.5 Å². The Labute approximate surface area is 304 Å². The molecule has 0 saturated carbocycles. The topological polar surface area (TPSA) is 38.7 Å². The van der Waals surface area contributed by atoms with Gasteiger partial charge in [0.05, 0.1) is 15.1 Å². The molecule has 49 heavy (non-hydrogen) atoms. The van der Waals surface area contributed by atoms with E-state index in [1.54, 1.807) is 0 Å². The van der Waals surface area contributed by atoms with Crippen molar-refractivity contribution in [2.45, 2.75) is 0 Å². The van der Waals surface area contributed by atoms with Crippen LogP contribution in [0, 0.1) is 0 Å². The summed E-state index contributed by atoms with van der Waals surface area (Å²) in [4.78, 5) is 14.4. The molecule has 2 heterocycles. The van der Waals surface area contributed by atoms with Crippen molar-refractivity contribution in [2.24, 2.45) is 0 Å². The summed E-state index contributed by atoms with van der Waals surface area (Å²) in [6, 6.07) is 29.4. The summed E-state index contributed by atoms with van der Waals surface area (Å²) in [5.74, 6) is 0.284. The summed E-state index contributed by atoms with van der Waals surface area (Å²) in [6.07, 6.45) is 0. The maximum atomic E-state index is 9.54. The van der Waals surface area contributed by atoms with E-state index in [1.165, 1.54) is 0 Å². The van der Waals surface area contributed by atoms with Gasteiger partial charge in [0.1, 0.15) is 0 Å². The molecule has 0 atom stereocenters. The van der Waals surface area contributed by atoms with Gasteiger partial charge in [-0.1, -0.05) is 158 Å². The molecule has 0 unspecified atom stereocenters. The van der Waals surface area contributed by atoms with E-state index in [0.717, 1.165) is 33.6 Å². The molecule has 0 saturated heterocycles. The normalized spacial score (nSPS) is 14.4. The van der Waals surface area contributed by atoms with E-state index in [1.807, 2.05) is 109 Å². The highest BCUT2D eigenvalue weighted by Gasteiger charge is 2.14. The maximum absolute atomic E-state index is 9.54. The van der Waals surface area contributed by atoms with Crippen LogP contribution in [-0.2, 0) is 0 Å². The Bertz CT molecular complexity index is 3090. The van der Waals surface area contributed by atoms with Crippen LogP contribution in [0.25, 0.3) is 87.7 Å². The number of nitrogens with zero attached hydrogens (tertiary/aromatic N) is 3. The van der Waals surface area contributed by atoms with Crippen LogP contribution in [-0.4, -0.2) is 15.0 Å². The fourth-order valence-electron chi connectivity index (χ4n) is 5.63. The Morgan fingerprint density at radius 2 is 0.816 bits per heavy atom. The smallest absolute Gasteiger partial charge is 0.164 e. The molecule has 230 valence electrons. The van der Waals surface area contributed by atoms with Crippen LogP contribution in [0.4, 0.5) is 0 Å². The number of benzene rings is 7. The standard InChI is InChI=1S/C45H29N3S/c1-3-10-30(11-4-1)32-18-22-34(23-19-32)43-46-44(35-24-20-33(21-25-35)31-12-5-2-6-13-31)48-45(47-43)38-15-9-14-36(28-38)37-26-27-40-39-16-7-8-17-41(39)49-42(40)29-37/h1-29H/i7D,8D,9D,14D,15D,16D,17D,26D,27D,28D,29D. The van der Waals surface area contributed by atoms with E-state index in [4.69, 9.17) is 27.3 Å². The highest BCUT2D eigenvalue weighted by atomic mass is 32.1. The van der Waals surface area contributed by atoms with Crippen LogP contribution in [0.15, 0.2) is 176 Å². The predicted octanol–water partition coefficient (Wildman–Crippen LogP) is 12.2. The Morgan fingerprint density at radius 1 is 0.347 bits per heavy atom. The number of fused-ring (bicyclic) bond motifs is 3. The molecule has 0 spiro atoms. The lowest BCUT2D eigenvalue weighted by Gasteiger charge is -2.11. The van der Waals surface area contributed by atoms with Crippen molar-refractivity contribution in [1.82, 2.24) is 15.0 Å². The summed E-state index contributed by atoms with van der Waals surface area (Å²) in [5.41, 5.74) is 4.25. The van der Waals surface area contributed by atoms with E-state index in [2.05, 4.69) is 0 Å². The number of thiophene rings is 1. The molecule has 3 nitrogen and oxygen atoms in total. The third-order valence-electron chi connectivity index (χ3n) is 8.12. The molecular weight excluding hydrogens is 615 g/mol. The first-order valence-corrected chi connectivity index (χ1v) is 16.3. The van der Waals surface area contributed by atoms with Crippen molar-refractivity contribution in [3.05, 3.63) is 176 Å². The zero-order valence-corrected chi connectivity index (χ0v) is 26.5. The second-order valence-corrected chi connectivity index (χ2v) is 12.2. The largest absolute Gasteiger partial charge is 0.208 e. The van der Waals surface area contributed by atoms with Crippen molar-refractivity contribution < 1.29 is 15.1 Å². The Hall–Kier alpha value is -6.23.